The third-order valence-corrected chi connectivity index (χ3v) is 3.34. The first kappa shape index (κ1) is 13.4. The maximum absolute atomic E-state index is 11.3. The standard InChI is InChI=1S/C15H18N2O2/c1-15(2,14(16)19)17-9-12-11-6-4-3-5-10(11)7-8-13(12)18/h3-8,17-18H,9H2,1-2H3,(H2,16,19). The summed E-state index contributed by atoms with van der Waals surface area (Å²) < 4.78 is 0. The molecule has 0 aliphatic carbocycles. The van der Waals surface area contributed by atoms with Crippen LogP contribution in [0.25, 0.3) is 10.8 Å². The first-order chi connectivity index (χ1) is 8.92. The van der Waals surface area contributed by atoms with Crippen molar-refractivity contribution in [2.45, 2.75) is 25.9 Å². The Morgan fingerprint density at radius 2 is 1.95 bits per heavy atom. The Hall–Kier alpha value is -2.07. The molecule has 0 radical (unpaired) electrons. The van der Waals surface area contributed by atoms with Gasteiger partial charge in [-0.1, -0.05) is 30.3 Å². The molecule has 4 N–H and O–H groups in total. The number of fused-ring (bicyclic) bond motifs is 1. The van der Waals surface area contributed by atoms with Crippen LogP contribution >= 0.6 is 0 Å². The van der Waals surface area contributed by atoms with E-state index in [0.29, 0.717) is 6.54 Å². The Morgan fingerprint density at radius 1 is 1.26 bits per heavy atom. The topological polar surface area (TPSA) is 75.3 Å². The van der Waals surface area contributed by atoms with E-state index in [1.54, 1.807) is 19.9 Å². The van der Waals surface area contributed by atoms with Gasteiger partial charge in [-0.25, -0.2) is 0 Å². The number of aromatic hydroxyl groups is 1. The van der Waals surface area contributed by atoms with Gasteiger partial charge in [-0.3, -0.25) is 10.1 Å². The third kappa shape index (κ3) is 2.69. The number of rotatable bonds is 4. The summed E-state index contributed by atoms with van der Waals surface area (Å²) in [6, 6.07) is 11.3. The number of carbonyl (C=O) groups excluding carboxylic acids is 1. The smallest absolute Gasteiger partial charge is 0.237 e. The number of hydrogen-bond acceptors (Lipinski definition) is 3. The summed E-state index contributed by atoms with van der Waals surface area (Å²) in [4.78, 5) is 11.3. The Morgan fingerprint density at radius 3 is 2.63 bits per heavy atom. The summed E-state index contributed by atoms with van der Waals surface area (Å²) in [5.74, 6) is -0.210. The number of carbonyl (C=O) groups is 1. The van der Waals surface area contributed by atoms with E-state index < -0.39 is 11.4 Å². The molecule has 0 saturated heterocycles. The van der Waals surface area contributed by atoms with Crippen molar-refractivity contribution in [2.75, 3.05) is 0 Å². The van der Waals surface area contributed by atoms with Crippen molar-refractivity contribution < 1.29 is 9.90 Å². The molecule has 4 heteroatoms. The van der Waals surface area contributed by atoms with Crippen molar-refractivity contribution in [3.8, 4) is 5.75 Å². The number of nitrogens with two attached hydrogens (primary N) is 1. The summed E-state index contributed by atoms with van der Waals surface area (Å²) in [5.41, 5.74) is 5.28. The van der Waals surface area contributed by atoms with Crippen LogP contribution in [-0.2, 0) is 11.3 Å². The summed E-state index contributed by atoms with van der Waals surface area (Å²) >= 11 is 0. The van der Waals surface area contributed by atoms with Gasteiger partial charge in [0.05, 0.1) is 5.54 Å². The molecule has 0 bridgehead atoms. The summed E-state index contributed by atoms with van der Waals surface area (Å²) in [6.07, 6.45) is 0. The molecule has 0 unspecified atom stereocenters. The van der Waals surface area contributed by atoms with Crippen molar-refractivity contribution >= 4 is 16.7 Å². The highest BCUT2D eigenvalue weighted by Crippen LogP contribution is 2.27. The fourth-order valence-electron chi connectivity index (χ4n) is 1.91. The molecule has 0 atom stereocenters. The first-order valence-corrected chi connectivity index (χ1v) is 6.16. The molecule has 0 fully saturated rings. The van der Waals surface area contributed by atoms with Crippen LogP contribution in [0.2, 0.25) is 0 Å². The first-order valence-electron chi connectivity index (χ1n) is 6.16. The Labute approximate surface area is 112 Å². The van der Waals surface area contributed by atoms with Gasteiger partial charge in [0.1, 0.15) is 5.75 Å². The molecule has 100 valence electrons. The van der Waals surface area contributed by atoms with E-state index in [-0.39, 0.29) is 5.75 Å². The van der Waals surface area contributed by atoms with Crippen molar-refractivity contribution in [3.05, 3.63) is 42.0 Å². The predicted octanol–water partition coefficient (Wildman–Crippen LogP) is 1.90. The quantitative estimate of drug-likeness (QED) is 0.784. The number of amides is 1. The van der Waals surface area contributed by atoms with Crippen LogP contribution < -0.4 is 11.1 Å². The molecule has 0 aliphatic heterocycles. The van der Waals surface area contributed by atoms with Crippen LogP contribution in [0.4, 0.5) is 0 Å². The highest BCUT2D eigenvalue weighted by Gasteiger charge is 2.24. The Kier molecular flexibility index (Phi) is 3.44. The largest absolute Gasteiger partial charge is 0.508 e. The fraction of sp³-hybridized carbons (Fsp3) is 0.267. The van der Waals surface area contributed by atoms with Gasteiger partial charge in [0, 0.05) is 12.1 Å². The lowest BCUT2D eigenvalue weighted by Crippen LogP contribution is -2.50. The van der Waals surface area contributed by atoms with E-state index in [1.807, 2.05) is 30.3 Å². The van der Waals surface area contributed by atoms with Gasteiger partial charge in [-0.2, -0.15) is 0 Å². The van der Waals surface area contributed by atoms with Crippen molar-refractivity contribution in [2.24, 2.45) is 5.73 Å². The van der Waals surface area contributed by atoms with Crippen molar-refractivity contribution in [1.82, 2.24) is 5.32 Å². The lowest BCUT2D eigenvalue weighted by atomic mass is 10.0. The number of phenolic OH excluding ortho intramolecular Hbond substituents is 1. The molecule has 0 aromatic heterocycles. The molecule has 0 heterocycles. The fourth-order valence-corrected chi connectivity index (χ4v) is 1.91. The highest BCUT2D eigenvalue weighted by atomic mass is 16.3. The van der Waals surface area contributed by atoms with Crippen LogP contribution in [0.5, 0.6) is 5.75 Å². The lowest BCUT2D eigenvalue weighted by molar-refractivity contribution is -0.123. The monoisotopic (exact) mass is 258 g/mol. The second-order valence-electron chi connectivity index (χ2n) is 5.13. The molecule has 1 amide bonds. The van der Waals surface area contributed by atoms with Gasteiger partial charge >= 0.3 is 0 Å². The second-order valence-corrected chi connectivity index (χ2v) is 5.13. The van der Waals surface area contributed by atoms with E-state index in [4.69, 9.17) is 5.73 Å². The molecular formula is C15H18N2O2. The van der Waals surface area contributed by atoms with Crippen LogP contribution in [0, 0.1) is 0 Å². The lowest BCUT2D eigenvalue weighted by Gasteiger charge is -2.23. The van der Waals surface area contributed by atoms with Crippen LogP contribution in [0.3, 0.4) is 0 Å². The zero-order chi connectivity index (χ0) is 14.0. The van der Waals surface area contributed by atoms with Crippen molar-refractivity contribution in [1.29, 1.82) is 0 Å². The van der Waals surface area contributed by atoms with Gasteiger partial charge in [0.25, 0.3) is 0 Å². The van der Waals surface area contributed by atoms with E-state index in [2.05, 4.69) is 5.32 Å². The van der Waals surface area contributed by atoms with Gasteiger partial charge in [-0.15, -0.1) is 0 Å². The van der Waals surface area contributed by atoms with Crippen LogP contribution in [0.1, 0.15) is 19.4 Å². The number of phenols is 1. The van der Waals surface area contributed by atoms with E-state index in [0.717, 1.165) is 16.3 Å². The molecular weight excluding hydrogens is 240 g/mol. The number of nitrogens with one attached hydrogen (secondary N) is 1. The van der Waals surface area contributed by atoms with Crippen molar-refractivity contribution in [3.63, 3.8) is 0 Å². The maximum atomic E-state index is 11.3. The molecule has 4 nitrogen and oxygen atoms in total. The second kappa shape index (κ2) is 4.90. The minimum Gasteiger partial charge on any atom is -0.508 e. The molecule has 0 aliphatic rings. The maximum Gasteiger partial charge on any atom is 0.237 e. The zero-order valence-corrected chi connectivity index (χ0v) is 11.1. The number of hydrogen-bond donors (Lipinski definition) is 3. The Balaban J connectivity index is 2.35. The van der Waals surface area contributed by atoms with Gasteiger partial charge < -0.3 is 10.8 Å². The molecule has 2 rings (SSSR count). The normalized spacial score (nSPS) is 11.7. The molecule has 19 heavy (non-hydrogen) atoms. The number of benzene rings is 2. The van der Waals surface area contributed by atoms with Gasteiger partial charge in [-0.05, 0) is 30.7 Å². The average molecular weight is 258 g/mol. The van der Waals surface area contributed by atoms with E-state index in [1.165, 1.54) is 0 Å². The number of primary amides is 1. The molecule has 0 spiro atoms. The van der Waals surface area contributed by atoms with Crippen LogP contribution in [0.15, 0.2) is 36.4 Å². The molecule has 0 saturated carbocycles. The van der Waals surface area contributed by atoms with Crippen LogP contribution in [-0.4, -0.2) is 16.6 Å². The summed E-state index contributed by atoms with van der Waals surface area (Å²) in [7, 11) is 0. The summed E-state index contributed by atoms with van der Waals surface area (Å²) in [5, 5.41) is 15.1. The molecule has 2 aromatic rings. The minimum absolute atomic E-state index is 0.214. The predicted molar refractivity (Wildman–Crippen MR) is 75.7 cm³/mol. The highest BCUT2D eigenvalue weighted by molar-refractivity contribution is 5.88. The van der Waals surface area contributed by atoms with Gasteiger partial charge in [0.15, 0.2) is 0 Å². The van der Waals surface area contributed by atoms with E-state index in [9.17, 15) is 9.90 Å². The SMILES string of the molecule is CC(C)(NCc1c(O)ccc2ccccc12)C(N)=O. The Bertz CT molecular complexity index is 621. The third-order valence-electron chi connectivity index (χ3n) is 3.34. The van der Waals surface area contributed by atoms with E-state index >= 15 is 0 Å². The zero-order valence-electron chi connectivity index (χ0n) is 11.1. The molecule has 2 aromatic carbocycles. The summed E-state index contributed by atoms with van der Waals surface area (Å²) in [6.45, 7) is 3.82. The average Bonchev–Trinajstić information content (AvgIpc) is 2.37. The minimum atomic E-state index is -0.816. The van der Waals surface area contributed by atoms with Gasteiger partial charge in [0.2, 0.25) is 5.91 Å².